The summed E-state index contributed by atoms with van der Waals surface area (Å²) in [4.78, 5) is 39.8. The van der Waals surface area contributed by atoms with Crippen molar-refractivity contribution < 1.29 is 14.4 Å². The highest BCUT2D eigenvalue weighted by Gasteiger charge is 2.38. The lowest BCUT2D eigenvalue weighted by atomic mass is 10.0. The van der Waals surface area contributed by atoms with Crippen molar-refractivity contribution in [2.45, 2.75) is 25.9 Å². The summed E-state index contributed by atoms with van der Waals surface area (Å²) in [6.07, 6.45) is 1.25. The Hall–Kier alpha value is -2.05. The molecule has 0 aromatic heterocycles. The van der Waals surface area contributed by atoms with Gasteiger partial charge in [-0.25, -0.2) is 4.79 Å². The average Bonchev–Trinajstić information content (AvgIpc) is 2.34. The van der Waals surface area contributed by atoms with Crippen molar-refractivity contribution in [3.05, 3.63) is 12.7 Å². The highest BCUT2D eigenvalue weighted by molar-refractivity contribution is 5.88. The van der Waals surface area contributed by atoms with Gasteiger partial charge in [0.25, 0.3) is 0 Å². The summed E-state index contributed by atoms with van der Waals surface area (Å²) in [6, 6.07) is -0.897. The van der Waals surface area contributed by atoms with E-state index < -0.39 is 11.9 Å². The molecule has 1 aliphatic rings. The predicted molar refractivity (Wildman–Crippen MR) is 79.3 cm³/mol. The van der Waals surface area contributed by atoms with Crippen molar-refractivity contribution in [3.63, 3.8) is 0 Å². The van der Waals surface area contributed by atoms with Gasteiger partial charge in [0.1, 0.15) is 6.04 Å². The minimum Gasteiger partial charge on any atom is -0.368 e. The van der Waals surface area contributed by atoms with Gasteiger partial charge >= 0.3 is 6.03 Å². The fraction of sp³-hybridized carbons (Fsp3) is 0.643. The van der Waals surface area contributed by atoms with Gasteiger partial charge in [-0.3, -0.25) is 9.59 Å². The van der Waals surface area contributed by atoms with Gasteiger partial charge in [-0.05, 0) is 12.0 Å². The maximum Gasteiger partial charge on any atom is 0.320 e. The lowest BCUT2D eigenvalue weighted by Crippen LogP contribution is -2.64. The Morgan fingerprint density at radius 2 is 1.81 bits per heavy atom. The standard InChI is InChI=1S/C14H24N4O3/c1-6-11(19)16(4)10-7-18(8-10)14(21)17(5)12(9(2)3)13(15)20/h6,9-10,12H,1,7-8H2,2-5H3,(H2,15,20)/t12-/m0/s1. The summed E-state index contributed by atoms with van der Waals surface area (Å²) in [5.41, 5.74) is 5.35. The van der Waals surface area contributed by atoms with Gasteiger partial charge < -0.3 is 20.4 Å². The van der Waals surface area contributed by atoms with E-state index in [1.807, 2.05) is 13.8 Å². The van der Waals surface area contributed by atoms with Crippen molar-refractivity contribution in [2.75, 3.05) is 27.2 Å². The van der Waals surface area contributed by atoms with Gasteiger partial charge in [-0.1, -0.05) is 20.4 Å². The molecule has 0 spiro atoms. The zero-order valence-electron chi connectivity index (χ0n) is 13.1. The Labute approximate surface area is 125 Å². The number of amides is 4. The van der Waals surface area contributed by atoms with E-state index in [2.05, 4.69) is 6.58 Å². The van der Waals surface area contributed by atoms with Crippen LogP contribution in [0.3, 0.4) is 0 Å². The summed E-state index contributed by atoms with van der Waals surface area (Å²) < 4.78 is 0. The number of hydrogen-bond donors (Lipinski definition) is 1. The van der Waals surface area contributed by atoms with Gasteiger partial charge in [-0.15, -0.1) is 0 Å². The van der Waals surface area contributed by atoms with Crippen LogP contribution < -0.4 is 5.73 Å². The number of carbonyl (C=O) groups is 3. The number of likely N-dealkylation sites (N-methyl/N-ethyl adjacent to an activating group) is 2. The van der Waals surface area contributed by atoms with Gasteiger partial charge in [0.15, 0.2) is 0 Å². The topological polar surface area (TPSA) is 87.0 Å². The number of hydrogen-bond acceptors (Lipinski definition) is 3. The van der Waals surface area contributed by atoms with Crippen LogP contribution in [0.4, 0.5) is 4.79 Å². The van der Waals surface area contributed by atoms with Crippen LogP contribution in [0.1, 0.15) is 13.8 Å². The van der Waals surface area contributed by atoms with Crippen molar-refractivity contribution in [3.8, 4) is 0 Å². The van der Waals surface area contributed by atoms with E-state index in [-0.39, 0.29) is 23.9 Å². The Morgan fingerprint density at radius 1 is 1.29 bits per heavy atom. The first kappa shape index (κ1) is 17.0. The van der Waals surface area contributed by atoms with Crippen LogP contribution in [0.5, 0.6) is 0 Å². The molecule has 0 aromatic carbocycles. The average molecular weight is 296 g/mol. The first-order valence-electron chi connectivity index (χ1n) is 6.91. The molecule has 0 aromatic rings. The number of carbonyl (C=O) groups excluding carboxylic acids is 3. The van der Waals surface area contributed by atoms with Gasteiger partial charge in [0.05, 0.1) is 6.04 Å². The van der Waals surface area contributed by atoms with Crippen LogP contribution in [-0.2, 0) is 9.59 Å². The number of urea groups is 1. The predicted octanol–water partition coefficient (Wildman–Crippen LogP) is -0.123. The van der Waals surface area contributed by atoms with Crippen LogP contribution in [0.2, 0.25) is 0 Å². The molecule has 2 N–H and O–H groups in total. The second-order valence-corrected chi connectivity index (χ2v) is 5.70. The Morgan fingerprint density at radius 3 is 2.19 bits per heavy atom. The van der Waals surface area contributed by atoms with Crippen molar-refractivity contribution >= 4 is 17.8 Å². The van der Waals surface area contributed by atoms with E-state index in [4.69, 9.17) is 5.73 Å². The van der Waals surface area contributed by atoms with Gasteiger partial charge in [-0.2, -0.15) is 0 Å². The number of likely N-dealkylation sites (tertiary alicyclic amines) is 1. The molecule has 118 valence electrons. The second-order valence-electron chi connectivity index (χ2n) is 5.70. The highest BCUT2D eigenvalue weighted by Crippen LogP contribution is 2.18. The smallest absolute Gasteiger partial charge is 0.320 e. The SMILES string of the molecule is C=CC(=O)N(C)C1CN(C(=O)N(C)[C@H](C(N)=O)C(C)C)C1. The van der Waals surface area contributed by atoms with Crippen molar-refractivity contribution in [1.82, 2.24) is 14.7 Å². The molecule has 0 saturated carbocycles. The Balaban J connectivity index is 2.61. The van der Waals surface area contributed by atoms with E-state index in [9.17, 15) is 14.4 Å². The molecule has 1 heterocycles. The molecule has 1 rings (SSSR count). The minimum absolute atomic E-state index is 0.0149. The largest absolute Gasteiger partial charge is 0.368 e. The van der Waals surface area contributed by atoms with Crippen LogP contribution in [0.15, 0.2) is 12.7 Å². The highest BCUT2D eigenvalue weighted by atomic mass is 16.2. The molecule has 4 amide bonds. The van der Waals surface area contributed by atoms with Crippen LogP contribution in [-0.4, -0.2) is 71.8 Å². The summed E-state index contributed by atoms with van der Waals surface area (Å²) in [5, 5.41) is 0. The van der Waals surface area contributed by atoms with Gasteiger partial charge in [0, 0.05) is 27.2 Å². The molecular weight excluding hydrogens is 272 g/mol. The van der Waals surface area contributed by atoms with E-state index in [1.54, 1.807) is 23.9 Å². The molecule has 1 saturated heterocycles. The molecule has 0 radical (unpaired) electrons. The molecule has 7 nitrogen and oxygen atoms in total. The molecule has 1 atom stereocenters. The van der Waals surface area contributed by atoms with E-state index in [0.29, 0.717) is 13.1 Å². The second kappa shape index (κ2) is 6.60. The summed E-state index contributed by atoms with van der Waals surface area (Å²) >= 11 is 0. The number of nitrogens with two attached hydrogens (primary N) is 1. The Kier molecular flexibility index (Phi) is 5.34. The summed E-state index contributed by atoms with van der Waals surface area (Å²) in [7, 11) is 3.25. The zero-order chi connectivity index (χ0) is 16.3. The number of nitrogens with zero attached hydrogens (tertiary/aromatic N) is 3. The third-order valence-corrected chi connectivity index (χ3v) is 3.84. The monoisotopic (exact) mass is 296 g/mol. The quantitative estimate of drug-likeness (QED) is 0.717. The molecular formula is C14H24N4O3. The normalized spacial score (nSPS) is 16.1. The van der Waals surface area contributed by atoms with Crippen molar-refractivity contribution in [1.29, 1.82) is 0 Å². The van der Waals surface area contributed by atoms with Crippen molar-refractivity contribution in [2.24, 2.45) is 11.7 Å². The fourth-order valence-corrected chi connectivity index (χ4v) is 2.49. The summed E-state index contributed by atoms with van der Waals surface area (Å²) in [6.45, 7) is 8.01. The fourth-order valence-electron chi connectivity index (χ4n) is 2.49. The minimum atomic E-state index is -0.635. The molecule has 0 aliphatic carbocycles. The number of rotatable bonds is 5. The first-order valence-corrected chi connectivity index (χ1v) is 6.91. The van der Waals surface area contributed by atoms with E-state index >= 15 is 0 Å². The lowest BCUT2D eigenvalue weighted by Gasteiger charge is -2.45. The van der Waals surface area contributed by atoms with Crippen LogP contribution >= 0.6 is 0 Å². The maximum absolute atomic E-state index is 12.3. The zero-order valence-corrected chi connectivity index (χ0v) is 13.1. The molecule has 7 heteroatoms. The third kappa shape index (κ3) is 3.53. The Bertz CT molecular complexity index is 444. The molecule has 1 aliphatic heterocycles. The van der Waals surface area contributed by atoms with Crippen LogP contribution in [0.25, 0.3) is 0 Å². The third-order valence-electron chi connectivity index (χ3n) is 3.84. The first-order chi connectivity index (χ1) is 9.70. The lowest BCUT2D eigenvalue weighted by molar-refractivity contribution is -0.129. The molecule has 0 bridgehead atoms. The maximum atomic E-state index is 12.3. The molecule has 0 unspecified atom stereocenters. The van der Waals surface area contributed by atoms with E-state index in [1.165, 1.54) is 11.0 Å². The number of primary amides is 1. The summed E-state index contributed by atoms with van der Waals surface area (Å²) in [5.74, 6) is -0.743. The molecule has 21 heavy (non-hydrogen) atoms. The van der Waals surface area contributed by atoms with E-state index in [0.717, 1.165) is 0 Å². The van der Waals surface area contributed by atoms with Crippen LogP contribution in [0, 0.1) is 5.92 Å². The van der Waals surface area contributed by atoms with Gasteiger partial charge in [0.2, 0.25) is 11.8 Å². The molecule has 1 fully saturated rings.